The molecule has 0 fully saturated rings. The van der Waals surface area contributed by atoms with Crippen molar-refractivity contribution in [2.45, 2.75) is 26.7 Å². The Kier molecular flexibility index (Phi) is 9.59. The highest BCUT2D eigenvalue weighted by atomic mass is 35.5. The quantitative estimate of drug-likeness (QED) is 0.342. The normalized spacial score (nSPS) is 15.3. The lowest BCUT2D eigenvalue weighted by molar-refractivity contribution is -0.140. The average molecular weight is 526 g/mol. The molecule has 1 aliphatic rings. The number of benzene rings is 2. The van der Waals surface area contributed by atoms with Gasteiger partial charge in [-0.2, -0.15) is 5.26 Å². The summed E-state index contributed by atoms with van der Waals surface area (Å²) in [6.45, 7) is 6.00. The Morgan fingerprint density at radius 3 is 2.58 bits per heavy atom. The van der Waals surface area contributed by atoms with Crippen molar-refractivity contribution in [3.63, 3.8) is 0 Å². The number of ether oxygens (including phenoxy) is 2. The number of nitriles is 1. The Balaban J connectivity index is 1.90. The molecule has 3 rings (SSSR count). The van der Waals surface area contributed by atoms with E-state index in [1.165, 1.54) is 18.9 Å². The SMILES string of the molecule is COCCOC(=O)C1=C(C)NC(SCC(=O)Nc2cccc(C)c2C)=C(C#N)[C@H]1c1ccccc1Cl. The first kappa shape index (κ1) is 27.3. The maximum absolute atomic E-state index is 13.1. The van der Waals surface area contributed by atoms with Crippen molar-refractivity contribution >= 4 is 40.9 Å². The van der Waals surface area contributed by atoms with Crippen LogP contribution < -0.4 is 10.6 Å². The van der Waals surface area contributed by atoms with E-state index in [1.807, 2.05) is 32.0 Å². The van der Waals surface area contributed by atoms with Crippen molar-refractivity contribution < 1.29 is 19.1 Å². The maximum atomic E-state index is 13.1. The molecule has 0 aromatic heterocycles. The highest BCUT2D eigenvalue weighted by molar-refractivity contribution is 8.03. The number of dihydropyridines is 1. The number of carbonyl (C=O) groups is 2. The van der Waals surface area contributed by atoms with E-state index in [4.69, 9.17) is 21.1 Å². The van der Waals surface area contributed by atoms with Gasteiger partial charge in [0.25, 0.3) is 0 Å². The van der Waals surface area contributed by atoms with E-state index in [2.05, 4.69) is 16.7 Å². The summed E-state index contributed by atoms with van der Waals surface area (Å²) in [6.07, 6.45) is 0. The Morgan fingerprint density at radius 1 is 1.14 bits per heavy atom. The molecule has 0 aliphatic carbocycles. The number of aryl methyl sites for hydroxylation is 1. The van der Waals surface area contributed by atoms with Crippen molar-refractivity contribution in [3.05, 3.63) is 86.0 Å². The molecule has 1 aliphatic heterocycles. The number of nitrogens with zero attached hydrogens (tertiary/aromatic N) is 1. The third-order valence-electron chi connectivity index (χ3n) is 5.83. The second-order valence-corrected chi connectivity index (χ2v) is 9.58. The van der Waals surface area contributed by atoms with Gasteiger partial charge in [-0.05, 0) is 49.6 Å². The Bertz CT molecular complexity index is 1270. The zero-order valence-corrected chi connectivity index (χ0v) is 22.2. The van der Waals surface area contributed by atoms with Crippen LogP contribution >= 0.6 is 23.4 Å². The molecule has 188 valence electrons. The van der Waals surface area contributed by atoms with Crippen molar-refractivity contribution in [3.8, 4) is 6.07 Å². The number of allylic oxidation sites excluding steroid dienone is 2. The second kappa shape index (κ2) is 12.6. The zero-order chi connectivity index (χ0) is 26.2. The van der Waals surface area contributed by atoms with Gasteiger partial charge in [-0.3, -0.25) is 4.79 Å². The van der Waals surface area contributed by atoms with Crippen LogP contribution in [0.2, 0.25) is 5.02 Å². The standard InChI is InChI=1S/C27H28ClN3O4S/c1-16-8-7-11-22(17(16)2)31-23(32)15-36-26-20(14-29)25(19-9-5-6-10-21(19)28)24(18(3)30-26)27(33)35-13-12-34-4/h5-11,25,30H,12-13,15H2,1-4H3,(H,31,32)/t25-/m1/s1. The van der Waals surface area contributed by atoms with Crippen LogP contribution in [-0.2, 0) is 19.1 Å². The van der Waals surface area contributed by atoms with Gasteiger partial charge in [0.15, 0.2) is 0 Å². The van der Waals surface area contributed by atoms with Gasteiger partial charge < -0.3 is 20.1 Å². The lowest BCUT2D eigenvalue weighted by Gasteiger charge is -2.29. The van der Waals surface area contributed by atoms with Crippen LogP contribution in [0.5, 0.6) is 0 Å². The minimum Gasteiger partial charge on any atom is -0.460 e. The molecule has 0 unspecified atom stereocenters. The third-order valence-corrected chi connectivity index (χ3v) is 7.19. The van der Waals surface area contributed by atoms with Crippen LogP contribution in [0, 0.1) is 25.2 Å². The summed E-state index contributed by atoms with van der Waals surface area (Å²) in [5.74, 6) is -1.45. The maximum Gasteiger partial charge on any atom is 0.336 e. The molecule has 0 bridgehead atoms. The van der Waals surface area contributed by atoms with Gasteiger partial charge in [0, 0.05) is 23.5 Å². The fourth-order valence-corrected chi connectivity index (χ4v) is 4.96. The monoisotopic (exact) mass is 525 g/mol. The number of amides is 1. The first-order chi connectivity index (χ1) is 17.3. The summed E-state index contributed by atoms with van der Waals surface area (Å²) in [7, 11) is 1.52. The molecule has 1 heterocycles. The van der Waals surface area contributed by atoms with Crippen LogP contribution in [0.1, 0.15) is 29.5 Å². The zero-order valence-electron chi connectivity index (χ0n) is 20.6. The minimum absolute atomic E-state index is 0.0665. The lowest BCUT2D eigenvalue weighted by atomic mass is 9.82. The van der Waals surface area contributed by atoms with Gasteiger partial charge in [-0.1, -0.05) is 53.7 Å². The van der Waals surface area contributed by atoms with Crippen LogP contribution in [0.3, 0.4) is 0 Å². The highest BCUT2D eigenvalue weighted by Crippen LogP contribution is 2.43. The molecule has 0 saturated heterocycles. The molecule has 0 spiro atoms. The van der Waals surface area contributed by atoms with Crippen molar-refractivity contribution in [1.29, 1.82) is 5.26 Å². The number of hydrogen-bond donors (Lipinski definition) is 2. The van der Waals surface area contributed by atoms with E-state index in [9.17, 15) is 14.9 Å². The molecule has 1 amide bonds. The fourth-order valence-electron chi connectivity index (χ4n) is 3.82. The molecule has 1 atom stereocenters. The number of carbonyl (C=O) groups excluding carboxylic acids is 2. The summed E-state index contributed by atoms with van der Waals surface area (Å²) in [5, 5.41) is 17.1. The van der Waals surface area contributed by atoms with Gasteiger partial charge >= 0.3 is 5.97 Å². The van der Waals surface area contributed by atoms with Crippen molar-refractivity contribution in [1.82, 2.24) is 5.32 Å². The van der Waals surface area contributed by atoms with Gasteiger partial charge in [0.1, 0.15) is 6.61 Å². The number of methoxy groups -OCH3 is 1. The van der Waals surface area contributed by atoms with Gasteiger partial charge in [0.05, 0.1) is 40.5 Å². The van der Waals surface area contributed by atoms with Gasteiger partial charge in [0.2, 0.25) is 5.91 Å². The Labute approximate surface area is 220 Å². The summed E-state index contributed by atoms with van der Waals surface area (Å²) < 4.78 is 10.4. The number of thioether (sulfide) groups is 1. The third kappa shape index (κ3) is 6.30. The van der Waals surface area contributed by atoms with Gasteiger partial charge in [-0.25, -0.2) is 4.79 Å². The van der Waals surface area contributed by atoms with E-state index in [0.29, 0.717) is 26.9 Å². The largest absolute Gasteiger partial charge is 0.460 e. The minimum atomic E-state index is -0.746. The topological polar surface area (TPSA) is 100 Å². The van der Waals surface area contributed by atoms with E-state index in [0.717, 1.165) is 16.8 Å². The molecule has 7 nitrogen and oxygen atoms in total. The molecule has 36 heavy (non-hydrogen) atoms. The van der Waals surface area contributed by atoms with Crippen LogP contribution in [-0.4, -0.2) is 38.0 Å². The molecular weight excluding hydrogens is 498 g/mol. The van der Waals surface area contributed by atoms with E-state index in [1.54, 1.807) is 31.2 Å². The number of esters is 1. The number of rotatable bonds is 9. The van der Waals surface area contributed by atoms with Crippen molar-refractivity contribution in [2.75, 3.05) is 31.4 Å². The Hall–Kier alpha value is -3.25. The second-order valence-electron chi connectivity index (χ2n) is 8.19. The molecule has 0 saturated carbocycles. The molecule has 9 heteroatoms. The van der Waals surface area contributed by atoms with E-state index in [-0.39, 0.29) is 30.4 Å². The van der Waals surface area contributed by atoms with Crippen LogP contribution in [0.4, 0.5) is 5.69 Å². The molecule has 2 aromatic carbocycles. The fraction of sp³-hybridized carbons (Fsp3) is 0.296. The number of hydrogen-bond acceptors (Lipinski definition) is 7. The van der Waals surface area contributed by atoms with E-state index >= 15 is 0 Å². The summed E-state index contributed by atoms with van der Waals surface area (Å²) >= 11 is 7.69. The smallest absolute Gasteiger partial charge is 0.336 e. The molecule has 2 aromatic rings. The van der Waals surface area contributed by atoms with Crippen LogP contribution in [0.15, 0.2) is 64.3 Å². The van der Waals surface area contributed by atoms with Crippen molar-refractivity contribution in [2.24, 2.45) is 0 Å². The predicted molar refractivity (Wildman–Crippen MR) is 143 cm³/mol. The number of nitrogens with one attached hydrogen (secondary N) is 2. The predicted octanol–water partition coefficient (Wildman–Crippen LogP) is 5.21. The number of halogens is 1. The van der Waals surface area contributed by atoms with Crippen LogP contribution in [0.25, 0.3) is 0 Å². The number of anilines is 1. The summed E-state index contributed by atoms with van der Waals surface area (Å²) in [4.78, 5) is 25.8. The lowest BCUT2D eigenvalue weighted by Crippen LogP contribution is -2.30. The summed E-state index contributed by atoms with van der Waals surface area (Å²) in [6, 6.07) is 15.0. The van der Waals surface area contributed by atoms with E-state index < -0.39 is 11.9 Å². The van der Waals surface area contributed by atoms with Gasteiger partial charge in [-0.15, -0.1) is 0 Å². The highest BCUT2D eigenvalue weighted by Gasteiger charge is 2.36. The molecule has 0 radical (unpaired) electrons. The summed E-state index contributed by atoms with van der Waals surface area (Å²) in [5.41, 5.74) is 4.54. The first-order valence-corrected chi connectivity index (χ1v) is 12.7. The molecular formula is C27H28ClN3O4S. The molecule has 2 N–H and O–H groups in total. The Morgan fingerprint density at radius 2 is 1.89 bits per heavy atom. The first-order valence-electron chi connectivity index (χ1n) is 11.3. The average Bonchev–Trinajstić information content (AvgIpc) is 2.85.